The lowest BCUT2D eigenvalue weighted by Crippen LogP contribution is -2.67. The first-order chi connectivity index (χ1) is 25.9. The van der Waals surface area contributed by atoms with Gasteiger partial charge < -0.3 is 63.8 Å². The molecule has 8 unspecified atom stereocenters. The minimum atomic E-state index is -5.69. The Hall–Kier alpha value is -1.04. The third-order valence-corrected chi connectivity index (χ3v) is 10.7. The Bertz CT molecular complexity index is 1810. The minimum absolute atomic E-state index is 1.08. The molecule has 10 N–H and O–H groups in total. The third kappa shape index (κ3) is 12.5. The van der Waals surface area contributed by atoms with Crippen molar-refractivity contribution in [3.05, 3.63) is 0 Å². The first-order valence-electron chi connectivity index (χ1n) is 16.2. The second kappa shape index (κ2) is 18.1. The zero-order valence-electron chi connectivity index (χ0n) is 29.4. The van der Waals surface area contributed by atoms with E-state index in [1.54, 1.807) is 0 Å². The standard InChI is InChI=1S/C24H42O29S4/c1-5-9(25)13(29)17(50-54(31,32)33)22(44-5)48-15-11(27)7(3)46-24(19(15)52-56(37,38)39)49-16-12(28)8(4)45-23(20(16)53-57(40,41)42)47-14-10(26)6(2)43-21(30)18(14)51-55(34,35)36/h5-30H,1-4H3,(H,31,32,33)(H,34,35,36)(H,37,38,39)(H,40,41,42)/t5?,6?,7?,8?,9-,10-,11-,12-,13+,14+,15+,16+,17?,18?,19?,20?,21-,22+,23+,24+/m1/s1. The highest BCUT2D eigenvalue weighted by Crippen LogP contribution is 2.37. The van der Waals surface area contributed by atoms with Gasteiger partial charge in [-0.1, -0.05) is 0 Å². The lowest BCUT2D eigenvalue weighted by atomic mass is 9.96. The van der Waals surface area contributed by atoms with Gasteiger partial charge in [0, 0.05) is 0 Å². The second-order valence-corrected chi connectivity index (χ2v) is 17.3. The van der Waals surface area contributed by atoms with Gasteiger partial charge in [0.15, 0.2) is 49.6 Å². The van der Waals surface area contributed by atoms with E-state index >= 15 is 0 Å². The van der Waals surface area contributed by atoms with E-state index in [0.717, 1.165) is 27.7 Å². The highest BCUT2D eigenvalue weighted by atomic mass is 32.3. The Kier molecular flexibility index (Phi) is 15.5. The van der Waals surface area contributed by atoms with E-state index in [-0.39, 0.29) is 0 Å². The summed E-state index contributed by atoms with van der Waals surface area (Å²) in [5, 5.41) is 64.2. The molecule has 4 aliphatic heterocycles. The molecule has 0 saturated carbocycles. The predicted octanol–water partition coefficient (Wildman–Crippen LogP) is -6.33. The van der Waals surface area contributed by atoms with Crippen molar-refractivity contribution in [2.24, 2.45) is 0 Å². The van der Waals surface area contributed by atoms with Gasteiger partial charge in [-0.3, -0.25) is 18.2 Å². The van der Waals surface area contributed by atoms with Gasteiger partial charge in [0.25, 0.3) is 0 Å². The Morgan fingerprint density at radius 2 is 0.614 bits per heavy atom. The molecule has 4 heterocycles. The fourth-order valence-electron chi connectivity index (χ4n) is 6.21. The molecule has 57 heavy (non-hydrogen) atoms. The number of aliphatic hydroxyl groups excluding tert-OH is 6. The van der Waals surface area contributed by atoms with E-state index in [2.05, 4.69) is 16.7 Å². The zero-order chi connectivity index (χ0) is 43.3. The van der Waals surface area contributed by atoms with Crippen molar-refractivity contribution < 1.29 is 132 Å². The van der Waals surface area contributed by atoms with E-state index in [0.29, 0.717) is 0 Å². The molecule has 4 rings (SSSR count). The van der Waals surface area contributed by atoms with Gasteiger partial charge in [-0.25, -0.2) is 16.7 Å². The Balaban J connectivity index is 1.76. The fraction of sp³-hybridized carbons (Fsp3) is 1.00. The molecule has 0 spiro atoms. The van der Waals surface area contributed by atoms with E-state index < -0.39 is 164 Å². The van der Waals surface area contributed by atoms with E-state index in [1.165, 1.54) is 0 Å². The van der Waals surface area contributed by atoms with Crippen molar-refractivity contribution in [2.45, 2.75) is 151 Å². The fourth-order valence-corrected chi connectivity index (χ4v) is 8.14. The largest absolute Gasteiger partial charge is 0.397 e. The lowest BCUT2D eigenvalue weighted by molar-refractivity contribution is -0.378. The molecule has 336 valence electrons. The van der Waals surface area contributed by atoms with Gasteiger partial charge in [-0.2, -0.15) is 33.7 Å². The molecule has 0 bridgehead atoms. The average molecular weight is 923 g/mol. The van der Waals surface area contributed by atoms with Crippen LogP contribution in [0.15, 0.2) is 0 Å². The summed E-state index contributed by atoms with van der Waals surface area (Å²) in [4.78, 5) is 0. The maximum Gasteiger partial charge on any atom is 0.397 e. The number of hydrogen-bond donors (Lipinski definition) is 10. The lowest BCUT2D eigenvalue weighted by Gasteiger charge is -2.49. The van der Waals surface area contributed by atoms with Crippen molar-refractivity contribution in [3.63, 3.8) is 0 Å². The summed E-state index contributed by atoms with van der Waals surface area (Å²) >= 11 is 0. The summed E-state index contributed by atoms with van der Waals surface area (Å²) < 4.78 is 189. The molecular weight excluding hydrogens is 881 g/mol. The van der Waals surface area contributed by atoms with Crippen LogP contribution in [-0.2, 0) is 91.5 Å². The zero-order valence-corrected chi connectivity index (χ0v) is 32.7. The summed E-state index contributed by atoms with van der Waals surface area (Å²) in [5.41, 5.74) is 0. The molecule has 4 aliphatic rings. The molecule has 0 aromatic heterocycles. The van der Waals surface area contributed by atoms with Crippen molar-refractivity contribution in [2.75, 3.05) is 0 Å². The molecule has 0 amide bonds. The third-order valence-electron chi connectivity index (χ3n) is 8.88. The molecule has 4 saturated heterocycles. The van der Waals surface area contributed by atoms with Crippen LogP contribution >= 0.6 is 0 Å². The van der Waals surface area contributed by atoms with Gasteiger partial charge in [0.2, 0.25) is 0 Å². The first-order valence-corrected chi connectivity index (χ1v) is 21.6. The minimum Gasteiger partial charge on any atom is -0.388 e. The Morgan fingerprint density at radius 3 is 0.965 bits per heavy atom. The number of rotatable bonds is 14. The average Bonchev–Trinajstić information content (AvgIpc) is 3.04. The van der Waals surface area contributed by atoms with Crippen molar-refractivity contribution >= 4 is 41.6 Å². The van der Waals surface area contributed by atoms with Gasteiger partial charge in [-0.15, -0.1) is 0 Å². The maximum atomic E-state index is 12.1. The molecule has 4 fully saturated rings. The number of hydrogen-bond acceptors (Lipinski definition) is 25. The SMILES string of the molecule is CC1O[C@@H](O[C@@H]2C(OS(=O)(=O)O)[C@H](O[C@@H]3C(OS(=O)(=O)O)[C@H](O[C@@H]4C(OS(=O)(=O)O)[C@H](O)OC(C)[C@H]4O)OC(C)[C@H]3O)OC(C)[C@H]2O)C(OS(=O)(=O)O)[C@@H](O)[C@@H]1O. The van der Waals surface area contributed by atoms with Crippen LogP contribution in [-0.4, -0.2) is 205 Å². The van der Waals surface area contributed by atoms with Crippen LogP contribution in [0.3, 0.4) is 0 Å². The number of aliphatic hydroxyl groups is 6. The highest BCUT2D eigenvalue weighted by molar-refractivity contribution is 7.81. The summed E-state index contributed by atoms with van der Waals surface area (Å²) in [6.45, 7) is 4.43. The van der Waals surface area contributed by atoms with Crippen LogP contribution in [0, 0.1) is 0 Å². The number of ether oxygens (including phenoxy) is 7. The summed E-state index contributed by atoms with van der Waals surface area (Å²) in [7, 11) is -22.3. The summed E-state index contributed by atoms with van der Waals surface area (Å²) in [5.74, 6) is 0. The first kappa shape index (κ1) is 48.6. The maximum absolute atomic E-state index is 12.1. The van der Waals surface area contributed by atoms with Crippen LogP contribution in [0.5, 0.6) is 0 Å². The Morgan fingerprint density at radius 1 is 0.351 bits per heavy atom. The smallest absolute Gasteiger partial charge is 0.388 e. The van der Waals surface area contributed by atoms with Crippen LogP contribution < -0.4 is 0 Å². The normalized spacial score (nSPS) is 45.4. The molecule has 0 aromatic rings. The van der Waals surface area contributed by atoms with E-state index in [4.69, 9.17) is 33.2 Å². The van der Waals surface area contributed by atoms with Crippen LogP contribution in [0.25, 0.3) is 0 Å². The van der Waals surface area contributed by atoms with Crippen LogP contribution in [0.2, 0.25) is 0 Å². The monoisotopic (exact) mass is 922 g/mol. The van der Waals surface area contributed by atoms with Crippen LogP contribution in [0.4, 0.5) is 0 Å². The second-order valence-electron chi connectivity index (χ2n) is 13.1. The van der Waals surface area contributed by atoms with E-state index in [9.17, 15) is 82.5 Å². The van der Waals surface area contributed by atoms with Gasteiger partial charge in [0.05, 0.1) is 24.4 Å². The summed E-state index contributed by atoms with van der Waals surface area (Å²) in [6, 6.07) is 0. The van der Waals surface area contributed by atoms with Crippen LogP contribution in [0.1, 0.15) is 27.7 Å². The van der Waals surface area contributed by atoms with Crippen molar-refractivity contribution in [1.29, 1.82) is 0 Å². The van der Waals surface area contributed by atoms with Gasteiger partial charge >= 0.3 is 41.6 Å². The summed E-state index contributed by atoms with van der Waals surface area (Å²) in [6.07, 6.45) is -42.3. The topological polar surface area (TPSA) is 440 Å². The van der Waals surface area contributed by atoms with E-state index in [1.807, 2.05) is 0 Å². The highest BCUT2D eigenvalue weighted by Gasteiger charge is 2.58. The van der Waals surface area contributed by atoms with Gasteiger partial charge in [0.1, 0.15) is 48.8 Å². The molecule has 0 aromatic carbocycles. The van der Waals surface area contributed by atoms with Crippen molar-refractivity contribution in [3.8, 4) is 0 Å². The predicted molar refractivity (Wildman–Crippen MR) is 170 cm³/mol. The molecule has 0 radical (unpaired) electrons. The molecular formula is C24H42O29S4. The van der Waals surface area contributed by atoms with Crippen molar-refractivity contribution in [1.82, 2.24) is 0 Å². The molecule has 20 atom stereocenters. The molecule has 33 heteroatoms. The molecule has 0 aliphatic carbocycles. The quantitative estimate of drug-likeness (QED) is 0.0724. The Labute approximate surface area is 323 Å². The van der Waals surface area contributed by atoms with Gasteiger partial charge in [-0.05, 0) is 27.7 Å². The molecule has 29 nitrogen and oxygen atoms in total.